The molecule has 6 nitrogen and oxygen atoms in total. The fourth-order valence-corrected chi connectivity index (χ4v) is 4.92. The lowest BCUT2D eigenvalue weighted by Gasteiger charge is -2.38. The molecule has 4 rings (SSSR count). The predicted molar refractivity (Wildman–Crippen MR) is 115 cm³/mol. The Morgan fingerprint density at radius 1 is 1.17 bits per heavy atom. The van der Waals surface area contributed by atoms with Crippen LogP contribution in [-0.2, 0) is 0 Å². The van der Waals surface area contributed by atoms with Gasteiger partial charge in [-0.1, -0.05) is 6.07 Å². The van der Waals surface area contributed by atoms with E-state index in [1.807, 2.05) is 24.1 Å². The molecule has 1 aromatic carbocycles. The Morgan fingerprint density at radius 3 is 2.55 bits per heavy atom. The summed E-state index contributed by atoms with van der Waals surface area (Å²) >= 11 is 0. The number of carbonyl (C=O) groups excluding carboxylic acids is 1. The molecule has 29 heavy (non-hydrogen) atoms. The number of rotatable bonds is 5. The van der Waals surface area contributed by atoms with E-state index in [1.165, 1.54) is 16.7 Å². The molecule has 1 aromatic heterocycles. The molecule has 0 saturated carbocycles. The smallest absolute Gasteiger partial charge is 0.255 e. The van der Waals surface area contributed by atoms with Crippen molar-refractivity contribution in [1.82, 2.24) is 14.8 Å². The second-order valence-electron chi connectivity index (χ2n) is 8.16. The number of hydrogen-bond donors (Lipinski definition) is 1. The molecule has 3 atom stereocenters. The van der Waals surface area contributed by atoms with E-state index >= 15 is 0 Å². The van der Waals surface area contributed by atoms with Gasteiger partial charge in [-0.3, -0.25) is 9.69 Å². The van der Waals surface area contributed by atoms with Crippen LogP contribution in [0.15, 0.2) is 30.5 Å². The van der Waals surface area contributed by atoms with Crippen LogP contribution in [0.4, 0.5) is 5.82 Å². The molecule has 0 unspecified atom stereocenters. The van der Waals surface area contributed by atoms with E-state index in [0.29, 0.717) is 17.6 Å². The number of amides is 1. The first-order valence-electron chi connectivity index (χ1n) is 10.3. The summed E-state index contributed by atoms with van der Waals surface area (Å²) in [5, 5.41) is 2.99. The van der Waals surface area contributed by atoms with Crippen LogP contribution in [0, 0.1) is 13.8 Å². The second kappa shape index (κ2) is 7.67. The second-order valence-corrected chi connectivity index (χ2v) is 8.16. The predicted octanol–water partition coefficient (Wildman–Crippen LogP) is 3.41. The zero-order chi connectivity index (χ0) is 20.7. The standard InChI is InChI=1S/C23H30N4O2/c1-14-15(2)21(29-5)8-7-20(14)16(3)26-12-19-10-18(26)13-27(19)23(28)17-6-9-22(24-4)25-11-17/h6-9,11,16,18-19H,10,12-13H2,1-5H3,(H,24,25)/t16-,18-,19-/m0/s1. The lowest BCUT2D eigenvalue weighted by Crippen LogP contribution is -2.49. The van der Waals surface area contributed by atoms with Crippen molar-refractivity contribution in [2.45, 2.75) is 45.3 Å². The largest absolute Gasteiger partial charge is 0.496 e. The Morgan fingerprint density at radius 2 is 1.97 bits per heavy atom. The highest BCUT2D eigenvalue weighted by Gasteiger charge is 2.47. The summed E-state index contributed by atoms with van der Waals surface area (Å²) in [7, 11) is 3.54. The molecule has 2 saturated heterocycles. The number of methoxy groups -OCH3 is 1. The van der Waals surface area contributed by atoms with Crippen LogP contribution >= 0.6 is 0 Å². The van der Waals surface area contributed by atoms with Crippen LogP contribution in [0.3, 0.4) is 0 Å². The van der Waals surface area contributed by atoms with Crippen molar-refractivity contribution in [2.24, 2.45) is 0 Å². The first kappa shape index (κ1) is 19.7. The van der Waals surface area contributed by atoms with Crippen LogP contribution in [0.25, 0.3) is 0 Å². The van der Waals surface area contributed by atoms with Gasteiger partial charge in [0, 0.05) is 44.5 Å². The molecule has 2 fully saturated rings. The average molecular weight is 395 g/mol. The number of likely N-dealkylation sites (tertiary alicyclic amines) is 2. The van der Waals surface area contributed by atoms with Crippen LogP contribution in [0.2, 0.25) is 0 Å². The van der Waals surface area contributed by atoms with Crippen LogP contribution < -0.4 is 10.1 Å². The van der Waals surface area contributed by atoms with Crippen molar-refractivity contribution >= 4 is 11.7 Å². The molecule has 2 aromatic rings. The maximum absolute atomic E-state index is 13.0. The lowest BCUT2D eigenvalue weighted by atomic mass is 9.96. The third kappa shape index (κ3) is 3.35. The lowest BCUT2D eigenvalue weighted by molar-refractivity contribution is 0.0568. The molecular formula is C23H30N4O2. The highest BCUT2D eigenvalue weighted by molar-refractivity contribution is 5.94. The van der Waals surface area contributed by atoms with Crippen LogP contribution in [0.5, 0.6) is 5.75 Å². The first-order valence-corrected chi connectivity index (χ1v) is 10.3. The zero-order valence-corrected chi connectivity index (χ0v) is 17.9. The number of piperazine rings is 1. The van der Waals surface area contributed by atoms with Crippen molar-refractivity contribution in [3.63, 3.8) is 0 Å². The summed E-state index contributed by atoms with van der Waals surface area (Å²) in [4.78, 5) is 21.9. The van der Waals surface area contributed by atoms with Gasteiger partial charge in [0.2, 0.25) is 0 Å². The molecular weight excluding hydrogens is 364 g/mol. The highest BCUT2D eigenvalue weighted by atomic mass is 16.5. The highest BCUT2D eigenvalue weighted by Crippen LogP contribution is 2.39. The van der Waals surface area contributed by atoms with Crippen LogP contribution in [-0.4, -0.2) is 60.0 Å². The fourth-order valence-electron chi connectivity index (χ4n) is 4.92. The Labute approximate surface area is 172 Å². The van der Waals surface area contributed by atoms with E-state index < -0.39 is 0 Å². The molecule has 3 heterocycles. The minimum absolute atomic E-state index is 0.0939. The van der Waals surface area contributed by atoms with E-state index in [9.17, 15) is 4.79 Å². The molecule has 1 N–H and O–H groups in total. The van der Waals surface area contributed by atoms with Gasteiger partial charge >= 0.3 is 0 Å². The van der Waals surface area contributed by atoms with Gasteiger partial charge < -0.3 is 15.0 Å². The number of anilines is 1. The summed E-state index contributed by atoms with van der Waals surface area (Å²) in [6.07, 6.45) is 2.72. The number of aromatic nitrogens is 1. The monoisotopic (exact) mass is 394 g/mol. The molecule has 2 bridgehead atoms. The van der Waals surface area contributed by atoms with Crippen molar-refractivity contribution in [3.05, 3.63) is 52.7 Å². The minimum atomic E-state index is 0.0939. The van der Waals surface area contributed by atoms with Gasteiger partial charge in [-0.2, -0.15) is 0 Å². The van der Waals surface area contributed by atoms with E-state index in [-0.39, 0.29) is 11.9 Å². The number of benzene rings is 1. The topological polar surface area (TPSA) is 57.7 Å². The Kier molecular flexibility index (Phi) is 5.21. The van der Waals surface area contributed by atoms with Gasteiger partial charge in [0.25, 0.3) is 5.91 Å². The number of ether oxygens (including phenoxy) is 1. The number of hydrogen-bond acceptors (Lipinski definition) is 5. The Balaban J connectivity index is 1.47. The maximum Gasteiger partial charge on any atom is 0.255 e. The minimum Gasteiger partial charge on any atom is -0.496 e. The van der Waals surface area contributed by atoms with Crippen molar-refractivity contribution in [1.29, 1.82) is 0 Å². The number of pyridine rings is 1. The van der Waals surface area contributed by atoms with Gasteiger partial charge in [0.15, 0.2) is 0 Å². The zero-order valence-electron chi connectivity index (χ0n) is 17.9. The first-order chi connectivity index (χ1) is 13.9. The molecule has 0 spiro atoms. The number of carbonyl (C=O) groups is 1. The average Bonchev–Trinajstić information content (AvgIpc) is 3.36. The Hall–Kier alpha value is -2.60. The third-order valence-electron chi connectivity index (χ3n) is 6.76. The van der Waals surface area contributed by atoms with Gasteiger partial charge in [-0.15, -0.1) is 0 Å². The number of fused-ring (bicyclic) bond motifs is 2. The number of nitrogens with one attached hydrogen (secondary N) is 1. The fraction of sp³-hybridized carbons (Fsp3) is 0.478. The van der Waals surface area contributed by atoms with E-state index in [4.69, 9.17) is 4.74 Å². The molecule has 6 heteroatoms. The van der Waals surface area contributed by atoms with Gasteiger partial charge in [-0.05, 0) is 62.1 Å². The van der Waals surface area contributed by atoms with Crippen molar-refractivity contribution < 1.29 is 9.53 Å². The molecule has 0 radical (unpaired) electrons. The van der Waals surface area contributed by atoms with E-state index in [2.05, 4.69) is 48.1 Å². The van der Waals surface area contributed by atoms with Crippen molar-refractivity contribution in [2.75, 3.05) is 32.6 Å². The van der Waals surface area contributed by atoms with E-state index in [1.54, 1.807) is 13.3 Å². The molecule has 154 valence electrons. The van der Waals surface area contributed by atoms with E-state index in [0.717, 1.165) is 31.1 Å². The quantitative estimate of drug-likeness (QED) is 0.842. The Bertz CT molecular complexity index is 912. The summed E-state index contributed by atoms with van der Waals surface area (Å²) in [6, 6.07) is 8.98. The molecule has 2 aliphatic heterocycles. The van der Waals surface area contributed by atoms with Gasteiger partial charge in [0.1, 0.15) is 11.6 Å². The van der Waals surface area contributed by atoms with Crippen LogP contribution in [0.1, 0.15) is 46.4 Å². The van der Waals surface area contributed by atoms with Gasteiger partial charge in [0.05, 0.1) is 12.7 Å². The normalized spacial score (nSPS) is 22.0. The third-order valence-corrected chi connectivity index (χ3v) is 6.76. The summed E-state index contributed by atoms with van der Waals surface area (Å²) in [5.41, 5.74) is 4.51. The SMILES string of the molecule is CNc1ccc(C(=O)N2C[C@@H]3C[C@H]2CN3[C@@H](C)c2ccc(OC)c(C)c2C)cn1. The summed E-state index contributed by atoms with van der Waals surface area (Å²) in [6.45, 7) is 8.28. The molecule has 2 aliphatic rings. The van der Waals surface area contributed by atoms with Crippen molar-refractivity contribution in [3.8, 4) is 5.75 Å². The molecule has 1 amide bonds. The summed E-state index contributed by atoms with van der Waals surface area (Å²) in [5.74, 6) is 1.81. The number of nitrogens with zero attached hydrogens (tertiary/aromatic N) is 3. The molecule has 0 aliphatic carbocycles. The van der Waals surface area contributed by atoms with Gasteiger partial charge in [-0.25, -0.2) is 4.98 Å². The maximum atomic E-state index is 13.0. The summed E-state index contributed by atoms with van der Waals surface area (Å²) < 4.78 is 5.47.